The van der Waals surface area contributed by atoms with Crippen molar-refractivity contribution in [2.75, 3.05) is 20.8 Å². The van der Waals surface area contributed by atoms with Crippen LogP contribution in [0.25, 0.3) is 6.08 Å². The van der Waals surface area contributed by atoms with Crippen LogP contribution in [-0.4, -0.2) is 38.6 Å². The summed E-state index contributed by atoms with van der Waals surface area (Å²) in [5, 5.41) is 0. The molecular weight excluding hydrogens is 388 g/mol. The van der Waals surface area contributed by atoms with E-state index in [9.17, 15) is 9.59 Å². The van der Waals surface area contributed by atoms with E-state index in [1.807, 2.05) is 32.0 Å². The highest BCUT2D eigenvalue weighted by atomic mass is 16.6. The van der Waals surface area contributed by atoms with E-state index in [0.29, 0.717) is 17.1 Å². The van der Waals surface area contributed by atoms with Gasteiger partial charge in [0.15, 0.2) is 23.8 Å². The van der Waals surface area contributed by atoms with Crippen LogP contribution in [-0.2, 0) is 14.3 Å². The molecule has 2 aromatic rings. The molecule has 1 amide bonds. The minimum atomic E-state index is -0.632. The Labute approximate surface area is 173 Å². The van der Waals surface area contributed by atoms with Crippen LogP contribution in [0, 0.1) is 13.8 Å². The second kappa shape index (κ2) is 8.69. The highest BCUT2D eigenvalue weighted by Gasteiger charge is 2.25. The molecule has 0 spiro atoms. The number of amides is 1. The van der Waals surface area contributed by atoms with Gasteiger partial charge in [-0.3, -0.25) is 4.79 Å². The topological polar surface area (TPSA) is 109 Å². The van der Waals surface area contributed by atoms with Gasteiger partial charge in [-0.25, -0.2) is 9.79 Å². The van der Waals surface area contributed by atoms with Crippen LogP contribution in [0.3, 0.4) is 0 Å². The smallest absolute Gasteiger partial charge is 0.363 e. The molecule has 156 valence electrons. The Hall–Kier alpha value is -3.81. The molecule has 0 fully saturated rings. The number of carbonyl (C=O) groups excluding carboxylic acids is 2. The zero-order chi connectivity index (χ0) is 21.8. The third kappa shape index (κ3) is 4.60. The lowest BCUT2D eigenvalue weighted by molar-refractivity contribution is -0.130. The number of hydrogen-bond donors (Lipinski definition) is 1. The summed E-state index contributed by atoms with van der Waals surface area (Å²) in [5.74, 6) is -0.0872. The number of aryl methyl sites for hydroxylation is 2. The van der Waals surface area contributed by atoms with Crippen molar-refractivity contribution in [2.45, 2.75) is 13.8 Å². The molecule has 0 aliphatic carbocycles. The number of benzene rings is 2. The molecular formula is C22H22N2O6. The van der Waals surface area contributed by atoms with Crippen LogP contribution in [0.1, 0.15) is 22.3 Å². The Balaban J connectivity index is 1.98. The number of cyclic esters (lactones) is 1. The number of hydrogen-bond acceptors (Lipinski definition) is 7. The van der Waals surface area contributed by atoms with Gasteiger partial charge in [0.25, 0.3) is 5.91 Å². The maximum atomic E-state index is 12.3. The van der Waals surface area contributed by atoms with Gasteiger partial charge in [-0.05, 0) is 49.8 Å². The van der Waals surface area contributed by atoms with E-state index < -0.39 is 11.9 Å². The van der Waals surface area contributed by atoms with E-state index >= 15 is 0 Å². The van der Waals surface area contributed by atoms with Crippen molar-refractivity contribution >= 4 is 23.9 Å². The van der Waals surface area contributed by atoms with Gasteiger partial charge >= 0.3 is 5.97 Å². The molecule has 3 rings (SSSR count). The number of aliphatic imine (C=N–C) groups is 1. The number of primary amides is 1. The van der Waals surface area contributed by atoms with Crippen molar-refractivity contribution in [1.82, 2.24) is 0 Å². The molecule has 2 N–H and O–H groups in total. The summed E-state index contributed by atoms with van der Waals surface area (Å²) in [6.45, 7) is 3.60. The van der Waals surface area contributed by atoms with E-state index in [1.165, 1.54) is 14.2 Å². The van der Waals surface area contributed by atoms with E-state index in [4.69, 9.17) is 24.7 Å². The van der Waals surface area contributed by atoms with Gasteiger partial charge in [-0.1, -0.05) is 17.2 Å². The molecule has 30 heavy (non-hydrogen) atoms. The maximum Gasteiger partial charge on any atom is 0.363 e. The van der Waals surface area contributed by atoms with Gasteiger partial charge in [-0.15, -0.1) is 0 Å². The Kier molecular flexibility index (Phi) is 6.06. The number of carbonyl (C=O) groups is 2. The Morgan fingerprint density at radius 2 is 1.67 bits per heavy atom. The molecule has 8 heteroatoms. The predicted octanol–water partition coefficient (Wildman–Crippen LogP) is 2.53. The zero-order valence-electron chi connectivity index (χ0n) is 17.1. The molecule has 2 aromatic carbocycles. The molecule has 0 saturated heterocycles. The van der Waals surface area contributed by atoms with Gasteiger partial charge in [0.1, 0.15) is 0 Å². The van der Waals surface area contributed by atoms with Gasteiger partial charge in [-0.2, -0.15) is 0 Å². The molecule has 8 nitrogen and oxygen atoms in total. The van der Waals surface area contributed by atoms with Crippen molar-refractivity contribution in [3.05, 3.63) is 58.3 Å². The van der Waals surface area contributed by atoms with E-state index in [-0.39, 0.29) is 24.0 Å². The maximum absolute atomic E-state index is 12.3. The number of ether oxygens (including phenoxy) is 4. The molecule has 1 heterocycles. The fraction of sp³-hybridized carbons (Fsp3) is 0.227. The number of nitrogens with zero attached hydrogens (tertiary/aromatic N) is 1. The lowest BCUT2D eigenvalue weighted by atomic mass is 10.1. The Morgan fingerprint density at radius 3 is 2.20 bits per heavy atom. The summed E-state index contributed by atoms with van der Waals surface area (Å²) in [5.41, 5.74) is 8.67. The van der Waals surface area contributed by atoms with E-state index in [1.54, 1.807) is 18.2 Å². The average Bonchev–Trinajstić information content (AvgIpc) is 3.05. The highest BCUT2D eigenvalue weighted by molar-refractivity contribution is 6.13. The normalized spacial score (nSPS) is 14.3. The first kappa shape index (κ1) is 20.9. The largest absolute Gasteiger partial charge is 0.493 e. The van der Waals surface area contributed by atoms with Crippen LogP contribution >= 0.6 is 0 Å². The fourth-order valence-electron chi connectivity index (χ4n) is 3.06. The summed E-state index contributed by atoms with van der Waals surface area (Å²) in [6, 6.07) is 9.09. The third-order valence-electron chi connectivity index (χ3n) is 4.23. The van der Waals surface area contributed by atoms with Crippen LogP contribution in [0.15, 0.2) is 41.0 Å². The Bertz CT molecular complexity index is 1030. The van der Waals surface area contributed by atoms with E-state index in [0.717, 1.165) is 16.7 Å². The van der Waals surface area contributed by atoms with Gasteiger partial charge in [0.2, 0.25) is 11.6 Å². The van der Waals surface area contributed by atoms with Crippen molar-refractivity contribution in [3.8, 4) is 17.2 Å². The quantitative estimate of drug-likeness (QED) is 0.555. The summed E-state index contributed by atoms with van der Waals surface area (Å²) in [4.78, 5) is 27.7. The molecule has 1 aliphatic rings. The van der Waals surface area contributed by atoms with Gasteiger partial charge in [0, 0.05) is 5.56 Å². The van der Waals surface area contributed by atoms with Crippen molar-refractivity contribution in [2.24, 2.45) is 10.7 Å². The first-order valence-electron chi connectivity index (χ1n) is 9.09. The lowest BCUT2D eigenvalue weighted by Gasteiger charge is -2.14. The van der Waals surface area contributed by atoms with Crippen LogP contribution in [0.4, 0.5) is 0 Å². The number of nitrogens with two attached hydrogens (primary N) is 1. The second-order valence-corrected chi connectivity index (χ2v) is 6.72. The van der Waals surface area contributed by atoms with Crippen molar-refractivity contribution in [1.29, 1.82) is 0 Å². The third-order valence-corrected chi connectivity index (χ3v) is 4.23. The van der Waals surface area contributed by atoms with Crippen LogP contribution in [0.2, 0.25) is 0 Å². The summed E-state index contributed by atoms with van der Waals surface area (Å²) in [6.07, 6.45) is 1.56. The molecule has 0 aromatic heterocycles. The summed E-state index contributed by atoms with van der Waals surface area (Å²) in [7, 11) is 2.89. The monoisotopic (exact) mass is 410 g/mol. The molecule has 0 atom stereocenters. The predicted molar refractivity (Wildman–Crippen MR) is 111 cm³/mol. The fourth-order valence-corrected chi connectivity index (χ4v) is 3.06. The highest BCUT2D eigenvalue weighted by Crippen LogP contribution is 2.39. The van der Waals surface area contributed by atoms with Crippen LogP contribution < -0.4 is 19.9 Å². The standard InChI is InChI=1S/C22H22N2O6/c1-12-5-13(2)7-15(6-12)21-24-16(22(26)30-21)8-14-9-17(27-3)20(18(10-14)28-4)29-11-19(23)25/h5-10H,11H2,1-4H3,(H2,23,25). The Morgan fingerprint density at radius 1 is 1.07 bits per heavy atom. The first-order chi connectivity index (χ1) is 14.3. The number of esters is 1. The van der Waals surface area contributed by atoms with Crippen molar-refractivity contribution in [3.63, 3.8) is 0 Å². The molecule has 0 saturated carbocycles. The van der Waals surface area contributed by atoms with Gasteiger partial charge in [0.05, 0.1) is 14.2 Å². The SMILES string of the molecule is COc1cc(C=C2N=C(c3cc(C)cc(C)c3)OC2=O)cc(OC)c1OCC(N)=O. The second-order valence-electron chi connectivity index (χ2n) is 6.72. The van der Waals surface area contributed by atoms with E-state index in [2.05, 4.69) is 4.99 Å². The zero-order valence-corrected chi connectivity index (χ0v) is 17.1. The van der Waals surface area contributed by atoms with Gasteiger partial charge < -0.3 is 24.7 Å². The number of rotatable bonds is 7. The first-order valence-corrected chi connectivity index (χ1v) is 9.09. The molecule has 1 aliphatic heterocycles. The molecule has 0 unspecified atom stereocenters. The lowest BCUT2D eigenvalue weighted by Crippen LogP contribution is -2.20. The average molecular weight is 410 g/mol. The minimum absolute atomic E-state index is 0.138. The van der Waals surface area contributed by atoms with Crippen molar-refractivity contribution < 1.29 is 28.5 Å². The molecule has 0 radical (unpaired) electrons. The van der Waals surface area contributed by atoms with Crippen LogP contribution in [0.5, 0.6) is 17.2 Å². The minimum Gasteiger partial charge on any atom is -0.493 e. The number of methoxy groups -OCH3 is 2. The summed E-state index contributed by atoms with van der Waals surface area (Å²) >= 11 is 0. The summed E-state index contributed by atoms with van der Waals surface area (Å²) < 4.78 is 21.4. The molecule has 0 bridgehead atoms.